The Labute approximate surface area is 323 Å². The third kappa shape index (κ3) is 34.8. The van der Waals surface area contributed by atoms with Crippen molar-refractivity contribution in [2.75, 3.05) is 6.61 Å². The minimum atomic E-state index is -1.26. The van der Waals surface area contributed by atoms with Gasteiger partial charge >= 0.3 is 0 Å². The highest BCUT2D eigenvalue weighted by atomic mass is 16.3. The highest BCUT2D eigenvalue weighted by Crippen LogP contribution is 2.17. The van der Waals surface area contributed by atoms with Crippen LogP contribution in [0.15, 0.2) is 12.2 Å². The molecule has 0 aromatic carbocycles. The van der Waals surface area contributed by atoms with E-state index in [9.17, 15) is 25.2 Å². The lowest BCUT2D eigenvalue weighted by atomic mass is 9.99. The Morgan fingerprint density at radius 1 is 0.462 bits per heavy atom. The van der Waals surface area contributed by atoms with Crippen molar-refractivity contribution < 1.29 is 25.2 Å². The molecule has 0 saturated heterocycles. The van der Waals surface area contributed by atoms with Gasteiger partial charge in [0.25, 0.3) is 0 Å². The predicted octanol–water partition coefficient (Wildman–Crippen LogP) is 12.2. The fraction of sp³-hybridized carbons (Fsp3) is 0.935. The molecule has 0 aromatic rings. The van der Waals surface area contributed by atoms with E-state index in [2.05, 4.69) is 31.3 Å². The van der Waals surface area contributed by atoms with Gasteiger partial charge in [0.1, 0.15) is 12.2 Å². The van der Waals surface area contributed by atoms with E-state index in [1.807, 2.05) is 0 Å². The summed E-state index contributed by atoms with van der Waals surface area (Å²) in [4.78, 5) is 12.5. The molecule has 0 aromatic heterocycles. The van der Waals surface area contributed by atoms with Crippen molar-refractivity contribution in [1.82, 2.24) is 5.32 Å². The quantitative estimate of drug-likeness (QED) is 0.0316. The van der Waals surface area contributed by atoms with Gasteiger partial charge in [-0.25, -0.2) is 0 Å². The number of hydrogen-bond donors (Lipinski definition) is 5. The molecule has 0 radical (unpaired) electrons. The summed E-state index contributed by atoms with van der Waals surface area (Å²) in [5, 5.41) is 43.7. The number of nitrogens with one attached hydrogen (secondary N) is 1. The molecule has 310 valence electrons. The summed E-state index contributed by atoms with van der Waals surface area (Å²) in [6.45, 7) is 4.06. The lowest BCUT2D eigenvalue weighted by Gasteiger charge is -2.27. The van der Waals surface area contributed by atoms with E-state index in [1.165, 1.54) is 173 Å². The first-order valence-corrected chi connectivity index (χ1v) is 23.1. The van der Waals surface area contributed by atoms with Gasteiger partial charge in [0.05, 0.1) is 18.8 Å². The van der Waals surface area contributed by atoms with Crippen molar-refractivity contribution in [3.63, 3.8) is 0 Å². The van der Waals surface area contributed by atoms with E-state index in [-0.39, 0.29) is 0 Å². The monoisotopic (exact) mass is 738 g/mol. The van der Waals surface area contributed by atoms with Gasteiger partial charge in [0.15, 0.2) is 0 Å². The second-order valence-electron chi connectivity index (χ2n) is 16.1. The maximum absolute atomic E-state index is 12.5. The van der Waals surface area contributed by atoms with E-state index in [0.717, 1.165) is 44.9 Å². The molecule has 0 spiro atoms. The molecule has 0 aliphatic heterocycles. The van der Waals surface area contributed by atoms with Gasteiger partial charge < -0.3 is 25.7 Å². The molecule has 0 fully saturated rings. The van der Waals surface area contributed by atoms with Crippen LogP contribution in [0.5, 0.6) is 0 Å². The first-order valence-electron chi connectivity index (χ1n) is 23.1. The van der Waals surface area contributed by atoms with Gasteiger partial charge in [-0.3, -0.25) is 4.79 Å². The molecular formula is C46H91NO5. The molecule has 0 heterocycles. The maximum Gasteiger partial charge on any atom is 0.249 e. The summed E-state index contributed by atoms with van der Waals surface area (Å²) in [6.07, 6.45) is 45.3. The number of allylic oxidation sites excluding steroid dienone is 2. The second kappa shape index (κ2) is 41.2. The summed E-state index contributed by atoms with van der Waals surface area (Å²) in [6, 6.07) is -0.984. The zero-order valence-corrected chi connectivity index (χ0v) is 34.8. The van der Waals surface area contributed by atoms with Crippen molar-refractivity contribution in [2.45, 2.75) is 269 Å². The van der Waals surface area contributed by atoms with Crippen LogP contribution in [0.3, 0.4) is 0 Å². The molecule has 6 heteroatoms. The minimum absolute atomic E-state index is 0.365. The molecule has 0 saturated carbocycles. The standard InChI is InChI=1S/C46H91NO5/c1-3-5-7-9-11-13-15-17-19-20-21-22-23-24-26-28-30-32-34-36-38-40-44(50)46(52)47-42(41-48)45(51)43(49)39-37-35-33-31-29-27-25-18-16-14-12-10-8-6-4-2/h23-24,42-45,48-51H,3-22,25-41H2,1-2H3,(H,47,52)/b24-23-. The number of unbranched alkanes of at least 4 members (excludes halogenated alkanes) is 31. The van der Waals surface area contributed by atoms with Gasteiger partial charge in [0.2, 0.25) is 5.91 Å². The zero-order valence-electron chi connectivity index (χ0n) is 34.8. The van der Waals surface area contributed by atoms with E-state index in [0.29, 0.717) is 12.8 Å². The zero-order chi connectivity index (χ0) is 38.2. The second-order valence-corrected chi connectivity index (χ2v) is 16.1. The molecular weight excluding hydrogens is 647 g/mol. The van der Waals surface area contributed by atoms with Crippen LogP contribution in [-0.4, -0.2) is 57.3 Å². The SMILES string of the molecule is CCCCCCCCCCCCC/C=C\CCCCCCCCC(O)C(=O)NC(CO)C(O)C(O)CCCCCCCCCCCCCCCCC. The van der Waals surface area contributed by atoms with Crippen LogP contribution in [0.2, 0.25) is 0 Å². The Hall–Kier alpha value is -0.950. The lowest BCUT2D eigenvalue weighted by Crippen LogP contribution is -2.53. The number of aliphatic hydroxyl groups is 4. The fourth-order valence-corrected chi connectivity index (χ4v) is 7.28. The summed E-state index contributed by atoms with van der Waals surface area (Å²) < 4.78 is 0. The molecule has 0 rings (SSSR count). The molecule has 5 N–H and O–H groups in total. The fourth-order valence-electron chi connectivity index (χ4n) is 7.28. The smallest absolute Gasteiger partial charge is 0.249 e. The predicted molar refractivity (Wildman–Crippen MR) is 224 cm³/mol. The van der Waals surface area contributed by atoms with Gasteiger partial charge in [-0.2, -0.15) is 0 Å². The number of amides is 1. The highest BCUT2D eigenvalue weighted by molar-refractivity contribution is 5.80. The van der Waals surface area contributed by atoms with Crippen LogP contribution in [0.4, 0.5) is 0 Å². The van der Waals surface area contributed by atoms with Gasteiger partial charge in [-0.15, -0.1) is 0 Å². The number of carbonyl (C=O) groups excluding carboxylic acids is 1. The van der Waals surface area contributed by atoms with Crippen LogP contribution >= 0.6 is 0 Å². The third-order valence-corrected chi connectivity index (χ3v) is 11.0. The van der Waals surface area contributed by atoms with Crippen LogP contribution in [-0.2, 0) is 4.79 Å². The first kappa shape index (κ1) is 51.0. The van der Waals surface area contributed by atoms with Crippen LogP contribution in [0.25, 0.3) is 0 Å². The summed E-state index contributed by atoms with van der Waals surface area (Å²) >= 11 is 0. The topological polar surface area (TPSA) is 110 Å². The van der Waals surface area contributed by atoms with Crippen molar-refractivity contribution >= 4 is 5.91 Å². The Bertz CT molecular complexity index is 746. The number of aliphatic hydroxyl groups excluding tert-OH is 4. The Kier molecular flexibility index (Phi) is 40.5. The third-order valence-electron chi connectivity index (χ3n) is 11.0. The molecule has 6 nitrogen and oxygen atoms in total. The number of rotatable bonds is 42. The van der Waals surface area contributed by atoms with Gasteiger partial charge in [0, 0.05) is 0 Å². The Morgan fingerprint density at radius 3 is 1.12 bits per heavy atom. The molecule has 0 aliphatic rings. The Balaban J connectivity index is 3.71. The maximum atomic E-state index is 12.5. The van der Waals surface area contributed by atoms with Gasteiger partial charge in [-0.1, -0.05) is 219 Å². The average molecular weight is 738 g/mol. The van der Waals surface area contributed by atoms with E-state index >= 15 is 0 Å². The van der Waals surface area contributed by atoms with E-state index in [4.69, 9.17) is 0 Å². The largest absolute Gasteiger partial charge is 0.394 e. The summed E-state index contributed by atoms with van der Waals surface area (Å²) in [7, 11) is 0. The normalized spacial score (nSPS) is 14.2. The number of carbonyl (C=O) groups is 1. The minimum Gasteiger partial charge on any atom is -0.394 e. The highest BCUT2D eigenvalue weighted by Gasteiger charge is 2.28. The molecule has 4 atom stereocenters. The van der Waals surface area contributed by atoms with Crippen LogP contribution in [0, 0.1) is 0 Å². The van der Waals surface area contributed by atoms with Crippen molar-refractivity contribution in [3.8, 4) is 0 Å². The lowest BCUT2D eigenvalue weighted by molar-refractivity contribution is -0.132. The molecule has 52 heavy (non-hydrogen) atoms. The van der Waals surface area contributed by atoms with E-state index in [1.54, 1.807) is 0 Å². The summed E-state index contributed by atoms with van der Waals surface area (Å²) in [5.74, 6) is -0.586. The molecule has 4 unspecified atom stereocenters. The average Bonchev–Trinajstić information content (AvgIpc) is 3.15. The van der Waals surface area contributed by atoms with Crippen molar-refractivity contribution in [1.29, 1.82) is 0 Å². The first-order chi connectivity index (χ1) is 25.5. The van der Waals surface area contributed by atoms with E-state index < -0.39 is 36.9 Å². The molecule has 0 bridgehead atoms. The van der Waals surface area contributed by atoms with Gasteiger partial charge in [-0.05, 0) is 38.5 Å². The Morgan fingerprint density at radius 2 is 0.769 bits per heavy atom. The molecule has 1 amide bonds. The number of hydrogen-bond acceptors (Lipinski definition) is 5. The van der Waals surface area contributed by atoms with Crippen LogP contribution in [0.1, 0.15) is 245 Å². The van der Waals surface area contributed by atoms with Crippen LogP contribution < -0.4 is 5.32 Å². The summed E-state index contributed by atoms with van der Waals surface area (Å²) in [5.41, 5.74) is 0. The van der Waals surface area contributed by atoms with Crippen molar-refractivity contribution in [2.24, 2.45) is 0 Å². The van der Waals surface area contributed by atoms with Crippen molar-refractivity contribution in [3.05, 3.63) is 12.2 Å². The molecule has 0 aliphatic carbocycles.